The molecule has 3 heterocycles. The molecule has 0 saturated heterocycles. The predicted molar refractivity (Wildman–Crippen MR) is 164 cm³/mol. The van der Waals surface area contributed by atoms with Gasteiger partial charge in [-0.25, -0.2) is 0 Å². The maximum atomic E-state index is 6.59. The summed E-state index contributed by atoms with van der Waals surface area (Å²) in [6.45, 7) is 4.42. The molecule has 39 heavy (non-hydrogen) atoms. The van der Waals surface area contributed by atoms with Gasteiger partial charge >= 0.3 is 0 Å². The highest BCUT2D eigenvalue weighted by molar-refractivity contribution is 6.13. The molecule has 2 aromatic heterocycles. The van der Waals surface area contributed by atoms with Gasteiger partial charge in [0.1, 0.15) is 11.2 Å². The summed E-state index contributed by atoms with van der Waals surface area (Å²) in [6, 6.07) is 38.4. The van der Waals surface area contributed by atoms with Gasteiger partial charge < -0.3 is 13.9 Å². The Bertz CT molecular complexity index is 2090. The molecule has 0 saturated carbocycles. The van der Waals surface area contributed by atoms with E-state index in [1.165, 1.54) is 21.8 Å². The monoisotopic (exact) mass is 500 g/mol. The molecular weight excluding hydrogens is 476 g/mol. The number of benzene rings is 5. The summed E-state index contributed by atoms with van der Waals surface area (Å²) in [5, 5.41) is 4.68. The summed E-state index contributed by atoms with van der Waals surface area (Å²) >= 11 is 0. The molecule has 8 rings (SSSR count). The molecular formula is C36H24N2O. The molecule has 0 aliphatic carbocycles. The normalized spacial score (nSPS) is 15.1. The van der Waals surface area contributed by atoms with Crippen LogP contribution in [0.5, 0.6) is 0 Å². The third kappa shape index (κ3) is 3.23. The summed E-state index contributed by atoms with van der Waals surface area (Å²) in [5.74, 6) is 0. The maximum absolute atomic E-state index is 6.59. The van der Waals surface area contributed by atoms with E-state index in [1.54, 1.807) is 0 Å². The second kappa shape index (κ2) is 8.37. The van der Waals surface area contributed by atoms with Crippen molar-refractivity contribution in [1.82, 2.24) is 4.57 Å². The van der Waals surface area contributed by atoms with Crippen molar-refractivity contribution in [3.8, 4) is 5.69 Å². The molecule has 0 fully saturated rings. The number of allylic oxidation sites excluding steroid dienone is 4. The van der Waals surface area contributed by atoms with Gasteiger partial charge in [-0.2, -0.15) is 0 Å². The van der Waals surface area contributed by atoms with E-state index in [0.29, 0.717) is 0 Å². The van der Waals surface area contributed by atoms with E-state index in [-0.39, 0.29) is 0 Å². The van der Waals surface area contributed by atoms with Crippen LogP contribution in [-0.4, -0.2) is 4.57 Å². The minimum atomic E-state index is 0.854. The largest absolute Gasteiger partial charge is 0.455 e. The van der Waals surface area contributed by atoms with E-state index in [4.69, 9.17) is 4.42 Å². The first-order valence-corrected chi connectivity index (χ1v) is 13.1. The lowest BCUT2D eigenvalue weighted by Gasteiger charge is -2.25. The van der Waals surface area contributed by atoms with Crippen LogP contribution < -0.4 is 4.90 Å². The number of nitrogens with zero attached hydrogens (tertiary/aromatic N) is 2. The van der Waals surface area contributed by atoms with Gasteiger partial charge in [0.15, 0.2) is 0 Å². The molecule has 7 aromatic rings. The third-order valence-corrected chi connectivity index (χ3v) is 7.70. The molecule has 0 spiro atoms. The van der Waals surface area contributed by atoms with Crippen molar-refractivity contribution in [2.75, 3.05) is 4.90 Å². The van der Waals surface area contributed by atoms with Gasteiger partial charge in [-0.15, -0.1) is 0 Å². The van der Waals surface area contributed by atoms with Crippen molar-refractivity contribution in [3.05, 3.63) is 146 Å². The maximum Gasteiger partial charge on any atom is 0.145 e. The quantitative estimate of drug-likeness (QED) is 0.235. The summed E-state index contributed by atoms with van der Waals surface area (Å²) in [4.78, 5) is 2.19. The fourth-order valence-corrected chi connectivity index (χ4v) is 5.95. The van der Waals surface area contributed by atoms with Gasteiger partial charge in [0.05, 0.1) is 16.7 Å². The van der Waals surface area contributed by atoms with Crippen LogP contribution >= 0.6 is 0 Å². The van der Waals surface area contributed by atoms with E-state index in [1.807, 2.05) is 24.3 Å². The number of para-hydroxylation sites is 3. The predicted octanol–water partition coefficient (Wildman–Crippen LogP) is 9.92. The summed E-state index contributed by atoms with van der Waals surface area (Å²) < 4.78 is 8.94. The van der Waals surface area contributed by atoms with Crippen LogP contribution in [-0.2, 0) is 0 Å². The Morgan fingerprint density at radius 2 is 1.31 bits per heavy atom. The van der Waals surface area contributed by atoms with Crippen LogP contribution in [0.25, 0.3) is 55.0 Å². The molecule has 0 unspecified atom stereocenters. The van der Waals surface area contributed by atoms with E-state index >= 15 is 0 Å². The van der Waals surface area contributed by atoms with E-state index in [9.17, 15) is 0 Å². The van der Waals surface area contributed by atoms with Crippen LogP contribution in [0.3, 0.4) is 0 Å². The zero-order valence-electron chi connectivity index (χ0n) is 21.2. The highest BCUT2D eigenvalue weighted by atomic mass is 16.3. The molecule has 3 nitrogen and oxygen atoms in total. The number of fused-ring (bicyclic) bond motifs is 8. The highest BCUT2D eigenvalue weighted by Crippen LogP contribution is 2.43. The van der Waals surface area contributed by atoms with E-state index in [0.717, 1.165) is 50.1 Å². The van der Waals surface area contributed by atoms with Gasteiger partial charge in [-0.05, 0) is 66.2 Å². The lowest BCUT2D eigenvalue weighted by molar-refractivity contribution is 0.667. The lowest BCUT2D eigenvalue weighted by Crippen LogP contribution is -2.11. The van der Waals surface area contributed by atoms with E-state index < -0.39 is 0 Å². The smallest absolute Gasteiger partial charge is 0.145 e. The summed E-state index contributed by atoms with van der Waals surface area (Å²) in [6.07, 6.45) is 8.21. The standard InChI is InChI=1S/C36H24N2O/c1-24-11-9-10-22-37(25-12-3-2-4-13-25)33-20-19-29-30-23-26(18-21-34(30)39-36(29)35(24)33)38-31-16-7-5-14-27(31)28-15-6-8-17-32(28)38/h2-23H,1H2/b11-9-,22-10-. The number of hydrogen-bond acceptors (Lipinski definition) is 2. The Labute approximate surface area is 225 Å². The Morgan fingerprint density at radius 3 is 2.08 bits per heavy atom. The van der Waals surface area contributed by atoms with Crippen molar-refractivity contribution in [2.24, 2.45) is 0 Å². The fraction of sp³-hybridized carbons (Fsp3) is 0. The first-order chi connectivity index (χ1) is 19.3. The first-order valence-electron chi connectivity index (χ1n) is 13.1. The first kappa shape index (κ1) is 21.8. The summed E-state index contributed by atoms with van der Waals surface area (Å²) in [7, 11) is 0. The number of furan rings is 1. The van der Waals surface area contributed by atoms with Crippen molar-refractivity contribution in [1.29, 1.82) is 0 Å². The van der Waals surface area contributed by atoms with Gasteiger partial charge in [0, 0.05) is 44.7 Å². The molecule has 0 amide bonds. The molecule has 3 heteroatoms. The number of rotatable bonds is 2. The highest BCUT2D eigenvalue weighted by Gasteiger charge is 2.21. The van der Waals surface area contributed by atoms with Crippen molar-refractivity contribution < 1.29 is 4.42 Å². The van der Waals surface area contributed by atoms with Crippen LogP contribution in [0.2, 0.25) is 0 Å². The topological polar surface area (TPSA) is 21.3 Å². The van der Waals surface area contributed by atoms with Crippen molar-refractivity contribution in [3.63, 3.8) is 0 Å². The number of hydrogen-bond donors (Lipinski definition) is 0. The van der Waals surface area contributed by atoms with Crippen LogP contribution in [0.4, 0.5) is 11.4 Å². The Balaban J connectivity index is 1.39. The minimum absolute atomic E-state index is 0.854. The molecule has 0 bridgehead atoms. The number of aromatic nitrogens is 1. The SMILES string of the molecule is C=C1/C=C\C=C/N(c2ccccc2)c2ccc3c(oc4ccc(-n5c6ccccc6c6ccccc65)cc43)c21. The van der Waals surface area contributed by atoms with Gasteiger partial charge in [-0.3, -0.25) is 0 Å². The molecule has 1 aliphatic heterocycles. The third-order valence-electron chi connectivity index (χ3n) is 7.70. The molecule has 0 N–H and O–H groups in total. The Hall–Kier alpha value is -5.28. The van der Waals surface area contributed by atoms with Crippen LogP contribution in [0.1, 0.15) is 5.56 Å². The minimum Gasteiger partial charge on any atom is -0.455 e. The van der Waals surface area contributed by atoms with Gasteiger partial charge in [0.25, 0.3) is 0 Å². The van der Waals surface area contributed by atoms with E-state index in [2.05, 4.69) is 125 Å². The second-order valence-corrected chi connectivity index (χ2v) is 9.92. The Kier molecular flexibility index (Phi) is 4.67. The lowest BCUT2D eigenvalue weighted by atomic mass is 9.99. The number of anilines is 2. The average molecular weight is 501 g/mol. The zero-order valence-corrected chi connectivity index (χ0v) is 21.2. The fourth-order valence-electron chi connectivity index (χ4n) is 5.95. The summed E-state index contributed by atoms with van der Waals surface area (Å²) in [5.41, 5.74) is 9.27. The average Bonchev–Trinajstić information content (AvgIpc) is 3.51. The molecule has 1 aliphatic rings. The molecule has 0 atom stereocenters. The molecule has 184 valence electrons. The molecule has 5 aromatic carbocycles. The Morgan fingerprint density at radius 1 is 0.590 bits per heavy atom. The molecule has 0 radical (unpaired) electrons. The van der Waals surface area contributed by atoms with Gasteiger partial charge in [0.2, 0.25) is 0 Å². The second-order valence-electron chi connectivity index (χ2n) is 9.92. The van der Waals surface area contributed by atoms with Gasteiger partial charge in [-0.1, -0.05) is 73.3 Å². The van der Waals surface area contributed by atoms with Crippen molar-refractivity contribution in [2.45, 2.75) is 0 Å². The zero-order chi connectivity index (χ0) is 25.9. The van der Waals surface area contributed by atoms with Crippen LogP contribution in [0, 0.1) is 0 Å². The van der Waals surface area contributed by atoms with Crippen LogP contribution in [0.15, 0.2) is 145 Å². The van der Waals surface area contributed by atoms with Crippen molar-refractivity contribution >= 4 is 60.7 Å².